The fraction of sp³-hybridized carbons (Fsp3) is 0.333. The number of aromatic nitrogens is 1. The predicted octanol–water partition coefficient (Wildman–Crippen LogP) is 2.39. The topological polar surface area (TPSA) is 48.5 Å². The van der Waals surface area contributed by atoms with Crippen LogP contribution >= 0.6 is 0 Å². The zero-order valence-corrected chi connectivity index (χ0v) is 13.6. The highest BCUT2D eigenvalue weighted by atomic mass is 16.2. The Kier molecular flexibility index (Phi) is 4.46. The number of piperazine rings is 1. The second kappa shape index (κ2) is 6.69. The predicted molar refractivity (Wildman–Crippen MR) is 93.1 cm³/mol. The maximum atomic E-state index is 12.6. The van der Waals surface area contributed by atoms with Crippen LogP contribution in [0.1, 0.15) is 15.9 Å². The zero-order valence-electron chi connectivity index (χ0n) is 13.6. The quantitative estimate of drug-likeness (QED) is 0.946. The molecule has 1 aromatic carbocycles. The molecule has 0 unspecified atom stereocenters. The molecule has 0 atom stereocenters. The van der Waals surface area contributed by atoms with Crippen LogP contribution in [0.15, 0.2) is 42.6 Å². The van der Waals surface area contributed by atoms with E-state index < -0.39 is 0 Å². The molecule has 1 aliphatic rings. The van der Waals surface area contributed by atoms with Crippen molar-refractivity contribution in [2.75, 3.05) is 43.4 Å². The minimum Gasteiger partial charge on any atom is -0.373 e. The molecule has 2 aromatic rings. The molecule has 5 nitrogen and oxygen atoms in total. The molecule has 5 heteroatoms. The number of carbonyl (C=O) groups excluding carboxylic acids is 1. The number of amides is 1. The second-order valence-corrected chi connectivity index (χ2v) is 5.80. The zero-order chi connectivity index (χ0) is 16.2. The van der Waals surface area contributed by atoms with Gasteiger partial charge in [-0.05, 0) is 36.8 Å². The number of nitrogens with zero attached hydrogens (tertiary/aromatic N) is 3. The molecule has 0 radical (unpaired) electrons. The van der Waals surface area contributed by atoms with E-state index in [0.717, 1.165) is 26.2 Å². The Bertz CT molecular complexity index is 693. The summed E-state index contributed by atoms with van der Waals surface area (Å²) in [5.74, 6) is 0.794. The lowest BCUT2D eigenvalue weighted by Gasteiger charge is -2.36. The van der Waals surface area contributed by atoms with E-state index in [-0.39, 0.29) is 5.91 Å². The lowest BCUT2D eigenvalue weighted by atomic mass is 10.1. The summed E-state index contributed by atoms with van der Waals surface area (Å²) in [5, 5.41) is 2.97. The van der Waals surface area contributed by atoms with Gasteiger partial charge < -0.3 is 15.1 Å². The molecule has 0 aliphatic carbocycles. The molecule has 0 bridgehead atoms. The number of pyridine rings is 1. The molecule has 0 saturated carbocycles. The van der Waals surface area contributed by atoms with Crippen LogP contribution in [0, 0.1) is 6.92 Å². The summed E-state index contributed by atoms with van der Waals surface area (Å²) in [5.41, 5.74) is 3.18. The summed E-state index contributed by atoms with van der Waals surface area (Å²) in [4.78, 5) is 21.0. The molecule has 3 rings (SSSR count). The van der Waals surface area contributed by atoms with Gasteiger partial charge in [0, 0.05) is 50.7 Å². The van der Waals surface area contributed by atoms with Crippen molar-refractivity contribution in [3.63, 3.8) is 0 Å². The molecule has 1 aliphatic heterocycles. The highest BCUT2D eigenvalue weighted by Crippen LogP contribution is 2.19. The number of hydrogen-bond acceptors (Lipinski definition) is 4. The van der Waals surface area contributed by atoms with E-state index >= 15 is 0 Å². The number of rotatable bonds is 3. The van der Waals surface area contributed by atoms with E-state index in [4.69, 9.17) is 0 Å². The SMILES string of the molecule is CNc1cc(C(=O)N2CCN(c3cccc(C)c3)CC2)ccn1. The lowest BCUT2D eigenvalue weighted by Crippen LogP contribution is -2.48. The Balaban J connectivity index is 1.65. The van der Waals surface area contributed by atoms with Gasteiger partial charge in [-0.25, -0.2) is 4.98 Å². The first-order chi connectivity index (χ1) is 11.2. The monoisotopic (exact) mass is 310 g/mol. The molecular weight excluding hydrogens is 288 g/mol. The van der Waals surface area contributed by atoms with Crippen molar-refractivity contribution >= 4 is 17.4 Å². The maximum Gasteiger partial charge on any atom is 0.254 e. The third-order valence-electron chi connectivity index (χ3n) is 4.20. The number of benzene rings is 1. The van der Waals surface area contributed by atoms with Gasteiger partial charge >= 0.3 is 0 Å². The fourth-order valence-electron chi connectivity index (χ4n) is 2.88. The Hall–Kier alpha value is -2.56. The second-order valence-electron chi connectivity index (χ2n) is 5.80. The maximum absolute atomic E-state index is 12.6. The van der Waals surface area contributed by atoms with E-state index in [1.807, 2.05) is 4.90 Å². The van der Waals surface area contributed by atoms with Crippen molar-refractivity contribution in [3.8, 4) is 0 Å². The Morgan fingerprint density at radius 3 is 2.61 bits per heavy atom. The summed E-state index contributed by atoms with van der Waals surface area (Å²) in [6.07, 6.45) is 1.67. The van der Waals surface area contributed by atoms with Crippen molar-refractivity contribution in [3.05, 3.63) is 53.7 Å². The molecule has 1 aromatic heterocycles. The minimum absolute atomic E-state index is 0.0767. The van der Waals surface area contributed by atoms with E-state index in [1.54, 1.807) is 25.4 Å². The van der Waals surface area contributed by atoms with Gasteiger partial charge in [-0.15, -0.1) is 0 Å². The van der Waals surface area contributed by atoms with Gasteiger partial charge in [-0.3, -0.25) is 4.79 Å². The van der Waals surface area contributed by atoms with E-state index in [2.05, 4.69) is 46.4 Å². The summed E-state index contributed by atoms with van der Waals surface area (Å²) < 4.78 is 0. The van der Waals surface area contributed by atoms with E-state index in [0.29, 0.717) is 11.4 Å². The van der Waals surface area contributed by atoms with E-state index in [9.17, 15) is 4.79 Å². The van der Waals surface area contributed by atoms with Crippen molar-refractivity contribution in [1.82, 2.24) is 9.88 Å². The number of anilines is 2. The van der Waals surface area contributed by atoms with Gasteiger partial charge in [0.25, 0.3) is 5.91 Å². The number of aryl methyl sites for hydroxylation is 1. The standard InChI is InChI=1S/C18H22N4O/c1-14-4-3-5-16(12-14)21-8-10-22(11-9-21)18(23)15-6-7-20-17(13-15)19-2/h3-7,12-13H,8-11H2,1-2H3,(H,19,20). The Morgan fingerprint density at radius 1 is 1.13 bits per heavy atom. The Morgan fingerprint density at radius 2 is 1.91 bits per heavy atom. The average molecular weight is 310 g/mol. The van der Waals surface area contributed by atoms with E-state index in [1.165, 1.54) is 11.3 Å². The first-order valence-corrected chi connectivity index (χ1v) is 7.92. The normalized spacial score (nSPS) is 14.7. The van der Waals surface area contributed by atoms with Gasteiger partial charge in [0.1, 0.15) is 5.82 Å². The van der Waals surface area contributed by atoms with Crippen LogP contribution in [0.25, 0.3) is 0 Å². The lowest BCUT2D eigenvalue weighted by molar-refractivity contribution is 0.0746. The van der Waals surface area contributed by atoms with Crippen LogP contribution in [0.3, 0.4) is 0 Å². The van der Waals surface area contributed by atoms with Gasteiger partial charge in [0.15, 0.2) is 0 Å². The Labute approximate surface area is 136 Å². The first kappa shape index (κ1) is 15.3. The van der Waals surface area contributed by atoms with Crippen molar-refractivity contribution in [1.29, 1.82) is 0 Å². The van der Waals surface area contributed by atoms with Gasteiger partial charge in [0.2, 0.25) is 0 Å². The molecule has 2 heterocycles. The third kappa shape index (κ3) is 3.44. The van der Waals surface area contributed by atoms with Crippen LogP contribution in [0.5, 0.6) is 0 Å². The molecule has 0 spiro atoms. The number of carbonyl (C=O) groups is 1. The van der Waals surface area contributed by atoms with Crippen LogP contribution in [-0.2, 0) is 0 Å². The summed E-state index contributed by atoms with van der Waals surface area (Å²) in [6, 6.07) is 12.1. The largest absolute Gasteiger partial charge is 0.373 e. The third-order valence-corrected chi connectivity index (χ3v) is 4.20. The smallest absolute Gasteiger partial charge is 0.254 e. The van der Waals surface area contributed by atoms with Crippen LogP contribution in [0.4, 0.5) is 11.5 Å². The molecule has 1 fully saturated rings. The van der Waals surface area contributed by atoms with Gasteiger partial charge in [0.05, 0.1) is 0 Å². The molecular formula is C18H22N4O. The van der Waals surface area contributed by atoms with Gasteiger partial charge in [-0.2, -0.15) is 0 Å². The van der Waals surface area contributed by atoms with Crippen LogP contribution in [-0.4, -0.2) is 49.0 Å². The van der Waals surface area contributed by atoms with Crippen LogP contribution < -0.4 is 10.2 Å². The number of nitrogens with one attached hydrogen (secondary N) is 1. The molecule has 1 amide bonds. The first-order valence-electron chi connectivity index (χ1n) is 7.92. The van der Waals surface area contributed by atoms with Gasteiger partial charge in [-0.1, -0.05) is 12.1 Å². The molecule has 23 heavy (non-hydrogen) atoms. The fourth-order valence-corrected chi connectivity index (χ4v) is 2.88. The molecule has 1 saturated heterocycles. The average Bonchev–Trinajstić information content (AvgIpc) is 2.61. The van der Waals surface area contributed by atoms with Crippen LogP contribution in [0.2, 0.25) is 0 Å². The van der Waals surface area contributed by atoms with Crippen molar-refractivity contribution in [2.24, 2.45) is 0 Å². The number of hydrogen-bond donors (Lipinski definition) is 1. The van der Waals surface area contributed by atoms with Crippen molar-refractivity contribution in [2.45, 2.75) is 6.92 Å². The summed E-state index contributed by atoms with van der Waals surface area (Å²) in [6.45, 7) is 5.30. The molecule has 120 valence electrons. The highest BCUT2D eigenvalue weighted by Gasteiger charge is 2.22. The molecule has 1 N–H and O–H groups in total. The summed E-state index contributed by atoms with van der Waals surface area (Å²) >= 11 is 0. The summed E-state index contributed by atoms with van der Waals surface area (Å²) in [7, 11) is 1.80. The highest BCUT2D eigenvalue weighted by molar-refractivity contribution is 5.95. The minimum atomic E-state index is 0.0767. The van der Waals surface area contributed by atoms with Crippen molar-refractivity contribution < 1.29 is 4.79 Å².